The lowest BCUT2D eigenvalue weighted by atomic mass is 9.88. The van der Waals surface area contributed by atoms with Crippen molar-refractivity contribution in [2.45, 2.75) is 59.0 Å². The topological polar surface area (TPSA) is 100 Å². The highest BCUT2D eigenvalue weighted by molar-refractivity contribution is 5.82. The maximum absolute atomic E-state index is 12.7. The van der Waals surface area contributed by atoms with E-state index in [-0.39, 0.29) is 23.8 Å². The van der Waals surface area contributed by atoms with Gasteiger partial charge in [0.05, 0.1) is 11.8 Å². The summed E-state index contributed by atoms with van der Waals surface area (Å²) in [6.07, 6.45) is 2.41. The van der Waals surface area contributed by atoms with Gasteiger partial charge in [0, 0.05) is 26.2 Å². The molecular weight excluding hydrogens is 406 g/mol. The number of hydrogen-bond acceptors (Lipinski definition) is 5. The zero-order chi connectivity index (χ0) is 22.8. The Bertz CT molecular complexity index is 1040. The van der Waals surface area contributed by atoms with Crippen LogP contribution in [0.4, 0.5) is 4.79 Å². The Morgan fingerprint density at radius 3 is 2.78 bits per heavy atom. The highest BCUT2D eigenvalue weighted by Crippen LogP contribution is 2.46. The molecule has 0 saturated heterocycles. The largest absolute Gasteiger partial charge is 0.352 e. The zero-order valence-corrected chi connectivity index (χ0v) is 19.0. The van der Waals surface area contributed by atoms with Crippen molar-refractivity contribution in [1.82, 2.24) is 25.7 Å². The first kappa shape index (κ1) is 22.0. The number of hydrogen-bond donors (Lipinski definition) is 2. The van der Waals surface area contributed by atoms with Crippen molar-refractivity contribution < 1.29 is 14.1 Å². The summed E-state index contributed by atoms with van der Waals surface area (Å²) in [5, 5.41) is 9.85. The number of benzene rings is 1. The van der Waals surface area contributed by atoms with Crippen LogP contribution in [-0.2, 0) is 24.3 Å². The Morgan fingerprint density at radius 1 is 1.28 bits per heavy atom. The van der Waals surface area contributed by atoms with Crippen LogP contribution in [0.1, 0.15) is 66.6 Å². The molecule has 3 amide bonds. The molecule has 1 fully saturated rings. The molecule has 1 aliphatic heterocycles. The van der Waals surface area contributed by atoms with Gasteiger partial charge in [-0.2, -0.15) is 4.98 Å². The lowest BCUT2D eigenvalue weighted by molar-refractivity contribution is -0.122. The molecule has 4 rings (SSSR count). The van der Waals surface area contributed by atoms with E-state index in [1.807, 2.05) is 24.8 Å². The first-order valence-corrected chi connectivity index (χ1v) is 11.3. The van der Waals surface area contributed by atoms with Gasteiger partial charge in [0.25, 0.3) is 0 Å². The standard InChI is InChI=1S/C24H31N5O3/c1-5-9-25-24(31)29-10-8-18-17(14(2)3)7-6-16(21(18)13-29)12-26-22(30)19-11-20(19)23-27-15(4)28-32-23/h6-7,19-20H,2,5,8-13H2,1,3-4H3,(H,25,31)(H,26,30)/t19-,20-/m1/s1. The second-order valence-electron chi connectivity index (χ2n) is 8.76. The highest BCUT2D eigenvalue weighted by Gasteiger charge is 2.47. The molecule has 1 aromatic carbocycles. The predicted molar refractivity (Wildman–Crippen MR) is 121 cm³/mol. The number of nitrogens with one attached hydrogen (secondary N) is 2. The summed E-state index contributed by atoms with van der Waals surface area (Å²) in [7, 11) is 0. The van der Waals surface area contributed by atoms with Crippen LogP contribution in [0, 0.1) is 12.8 Å². The van der Waals surface area contributed by atoms with Crippen molar-refractivity contribution in [3.05, 3.63) is 52.7 Å². The number of aromatic nitrogens is 2. The molecule has 2 heterocycles. The fraction of sp³-hybridized carbons (Fsp3) is 0.500. The minimum absolute atomic E-state index is 0.00284. The number of urea groups is 1. The summed E-state index contributed by atoms with van der Waals surface area (Å²) >= 11 is 0. The van der Waals surface area contributed by atoms with E-state index in [1.54, 1.807) is 6.92 Å². The quantitative estimate of drug-likeness (QED) is 0.692. The molecule has 1 aromatic heterocycles. The third kappa shape index (κ3) is 4.54. The Morgan fingerprint density at radius 2 is 2.09 bits per heavy atom. The highest BCUT2D eigenvalue weighted by atomic mass is 16.5. The zero-order valence-electron chi connectivity index (χ0n) is 19.0. The summed E-state index contributed by atoms with van der Waals surface area (Å²) in [5.74, 6) is 1.00. The molecule has 0 radical (unpaired) electrons. The fourth-order valence-corrected chi connectivity index (χ4v) is 4.36. The smallest absolute Gasteiger partial charge is 0.317 e. The number of fused-ring (bicyclic) bond motifs is 1. The molecule has 1 saturated carbocycles. The molecule has 0 spiro atoms. The molecule has 32 heavy (non-hydrogen) atoms. The van der Waals surface area contributed by atoms with Crippen molar-refractivity contribution in [2.75, 3.05) is 13.1 Å². The lowest BCUT2D eigenvalue weighted by Gasteiger charge is -2.32. The molecule has 2 atom stereocenters. The van der Waals surface area contributed by atoms with Crippen LogP contribution in [0.15, 0.2) is 23.2 Å². The van der Waals surface area contributed by atoms with Gasteiger partial charge in [0.1, 0.15) is 0 Å². The van der Waals surface area contributed by atoms with Gasteiger partial charge in [-0.3, -0.25) is 4.79 Å². The minimum atomic E-state index is -0.128. The summed E-state index contributed by atoms with van der Waals surface area (Å²) in [6.45, 7) is 12.2. The number of rotatable bonds is 7. The third-order valence-corrected chi connectivity index (χ3v) is 6.22. The number of carbonyl (C=O) groups is 2. The first-order chi connectivity index (χ1) is 15.4. The maximum Gasteiger partial charge on any atom is 0.317 e. The van der Waals surface area contributed by atoms with Gasteiger partial charge in [0.15, 0.2) is 5.82 Å². The van der Waals surface area contributed by atoms with Gasteiger partial charge in [-0.15, -0.1) is 0 Å². The van der Waals surface area contributed by atoms with Gasteiger partial charge in [-0.1, -0.05) is 36.4 Å². The molecule has 170 valence electrons. The van der Waals surface area contributed by atoms with Gasteiger partial charge in [-0.05, 0) is 55.4 Å². The van der Waals surface area contributed by atoms with E-state index in [4.69, 9.17) is 4.52 Å². The van der Waals surface area contributed by atoms with Crippen molar-refractivity contribution in [3.63, 3.8) is 0 Å². The van der Waals surface area contributed by atoms with Crippen LogP contribution in [-0.4, -0.2) is 40.1 Å². The van der Waals surface area contributed by atoms with E-state index in [0.717, 1.165) is 41.5 Å². The summed E-state index contributed by atoms with van der Waals surface area (Å²) in [4.78, 5) is 31.3. The van der Waals surface area contributed by atoms with Crippen LogP contribution < -0.4 is 10.6 Å². The Balaban J connectivity index is 1.46. The molecule has 2 aliphatic rings. The number of allylic oxidation sites excluding steroid dienone is 1. The van der Waals surface area contributed by atoms with Gasteiger partial charge < -0.3 is 20.1 Å². The van der Waals surface area contributed by atoms with Crippen LogP contribution in [0.2, 0.25) is 0 Å². The van der Waals surface area contributed by atoms with E-state index in [0.29, 0.717) is 37.9 Å². The van der Waals surface area contributed by atoms with Gasteiger partial charge in [-0.25, -0.2) is 4.79 Å². The number of nitrogens with zero attached hydrogens (tertiary/aromatic N) is 3. The fourth-order valence-electron chi connectivity index (χ4n) is 4.36. The number of aryl methyl sites for hydroxylation is 1. The van der Waals surface area contributed by atoms with Crippen LogP contribution in [0.25, 0.3) is 5.57 Å². The SMILES string of the molecule is C=C(C)c1ccc(CNC(=O)[C@@H]2C[C@H]2c2nc(C)no2)c2c1CCN(C(=O)NCCC)C2. The molecule has 8 heteroatoms. The minimum Gasteiger partial charge on any atom is -0.352 e. The Labute approximate surface area is 188 Å². The van der Waals surface area contributed by atoms with Crippen molar-refractivity contribution in [3.8, 4) is 0 Å². The summed E-state index contributed by atoms with van der Waals surface area (Å²) in [5.41, 5.74) is 5.53. The van der Waals surface area contributed by atoms with Crippen LogP contribution in [0.5, 0.6) is 0 Å². The van der Waals surface area contributed by atoms with E-state index in [2.05, 4.69) is 33.4 Å². The van der Waals surface area contributed by atoms with Crippen molar-refractivity contribution >= 4 is 17.5 Å². The monoisotopic (exact) mass is 437 g/mol. The maximum atomic E-state index is 12.7. The molecular formula is C24H31N5O3. The lowest BCUT2D eigenvalue weighted by Crippen LogP contribution is -2.43. The van der Waals surface area contributed by atoms with E-state index >= 15 is 0 Å². The predicted octanol–water partition coefficient (Wildman–Crippen LogP) is 3.31. The first-order valence-electron chi connectivity index (χ1n) is 11.3. The molecule has 2 N–H and O–H groups in total. The summed E-state index contributed by atoms with van der Waals surface area (Å²) in [6, 6.07) is 4.09. The van der Waals surface area contributed by atoms with E-state index in [1.165, 1.54) is 5.56 Å². The van der Waals surface area contributed by atoms with Crippen molar-refractivity contribution in [2.24, 2.45) is 5.92 Å². The summed E-state index contributed by atoms with van der Waals surface area (Å²) < 4.78 is 5.21. The second kappa shape index (κ2) is 9.14. The second-order valence-corrected chi connectivity index (χ2v) is 8.76. The van der Waals surface area contributed by atoms with Crippen LogP contribution in [0.3, 0.4) is 0 Å². The van der Waals surface area contributed by atoms with E-state index < -0.39 is 0 Å². The number of carbonyl (C=O) groups excluding carboxylic acids is 2. The van der Waals surface area contributed by atoms with Gasteiger partial charge in [0.2, 0.25) is 11.8 Å². The number of amides is 3. The molecule has 1 aliphatic carbocycles. The average Bonchev–Trinajstić information content (AvgIpc) is 3.48. The molecule has 0 bridgehead atoms. The average molecular weight is 438 g/mol. The molecule has 8 nitrogen and oxygen atoms in total. The van der Waals surface area contributed by atoms with E-state index in [9.17, 15) is 9.59 Å². The normalized spacial score (nSPS) is 19.3. The molecule has 0 unspecified atom stereocenters. The Kier molecular flexibility index (Phi) is 6.30. The Hall–Kier alpha value is -3.16. The molecule has 2 aromatic rings. The van der Waals surface area contributed by atoms with Crippen LogP contribution >= 0.6 is 0 Å². The third-order valence-electron chi connectivity index (χ3n) is 6.22. The van der Waals surface area contributed by atoms with Crippen molar-refractivity contribution in [1.29, 1.82) is 0 Å². The van der Waals surface area contributed by atoms with Gasteiger partial charge >= 0.3 is 6.03 Å².